The van der Waals surface area contributed by atoms with Crippen LogP contribution >= 0.6 is 11.3 Å². The Kier molecular flexibility index (Phi) is 2.98. The van der Waals surface area contributed by atoms with Crippen LogP contribution in [0.3, 0.4) is 0 Å². The van der Waals surface area contributed by atoms with E-state index in [9.17, 15) is 14.7 Å². The second-order valence-corrected chi connectivity index (χ2v) is 6.35. The van der Waals surface area contributed by atoms with Crippen molar-refractivity contribution >= 4 is 38.6 Å². The number of aliphatic carboxylic acids is 1. The highest BCUT2D eigenvalue weighted by molar-refractivity contribution is 7.22. The Bertz CT molecular complexity index is 767. The zero-order valence-electron chi connectivity index (χ0n) is 11.3. The van der Waals surface area contributed by atoms with E-state index in [1.54, 1.807) is 12.2 Å². The highest BCUT2D eigenvalue weighted by Crippen LogP contribution is 2.40. The molecule has 1 amide bonds. The summed E-state index contributed by atoms with van der Waals surface area (Å²) >= 11 is 1.36. The predicted octanol–water partition coefficient (Wildman–Crippen LogP) is 1.89. The lowest BCUT2D eigenvalue weighted by atomic mass is 9.82. The normalized spacial score (nSPS) is 29.1. The van der Waals surface area contributed by atoms with Gasteiger partial charge in [-0.1, -0.05) is 35.6 Å². The number of anilines is 1. The second-order valence-electron chi connectivity index (χ2n) is 5.32. The van der Waals surface area contributed by atoms with Gasteiger partial charge in [0.1, 0.15) is 5.92 Å². The van der Waals surface area contributed by atoms with Gasteiger partial charge in [-0.2, -0.15) is 0 Å². The fourth-order valence-corrected chi connectivity index (χ4v) is 3.90. The van der Waals surface area contributed by atoms with Crippen LogP contribution in [0.4, 0.5) is 5.13 Å². The standard InChI is InChI=1S/C15H12N2O4S/c18-13(11-8-5-6-9(21-8)12(11)14(19)20)17-15-16-7-3-1-2-4-10(7)22-15/h1-6,8-9,11-12H,(H,19,20)(H,16,17,18)/t8-,9-,11+,12-/m1/s1. The number of thiazole rings is 1. The molecular formula is C15H12N2O4S. The summed E-state index contributed by atoms with van der Waals surface area (Å²) in [6.07, 6.45) is 2.48. The van der Waals surface area contributed by atoms with E-state index < -0.39 is 30.0 Å². The Morgan fingerprint density at radius 2 is 1.91 bits per heavy atom. The van der Waals surface area contributed by atoms with Crippen LogP contribution in [0.5, 0.6) is 0 Å². The molecule has 6 nitrogen and oxygen atoms in total. The first kappa shape index (κ1) is 13.4. The van der Waals surface area contributed by atoms with Gasteiger partial charge in [0.05, 0.1) is 28.3 Å². The number of nitrogens with zero attached hydrogens (tertiary/aromatic N) is 1. The number of carbonyl (C=O) groups is 2. The number of carboxylic acids is 1. The summed E-state index contributed by atoms with van der Waals surface area (Å²) in [4.78, 5) is 28.2. The minimum Gasteiger partial charge on any atom is -0.481 e. The maximum absolute atomic E-state index is 12.5. The number of aromatic nitrogens is 1. The van der Waals surface area contributed by atoms with Crippen molar-refractivity contribution in [2.45, 2.75) is 12.2 Å². The number of para-hydroxylation sites is 1. The number of amides is 1. The van der Waals surface area contributed by atoms with E-state index in [0.29, 0.717) is 5.13 Å². The molecule has 2 N–H and O–H groups in total. The average Bonchev–Trinajstić information content (AvgIpc) is 3.19. The molecule has 22 heavy (non-hydrogen) atoms. The van der Waals surface area contributed by atoms with Gasteiger partial charge < -0.3 is 15.2 Å². The molecule has 3 heterocycles. The fraction of sp³-hybridized carbons (Fsp3) is 0.267. The van der Waals surface area contributed by atoms with Crippen LogP contribution in [-0.4, -0.2) is 34.2 Å². The van der Waals surface area contributed by atoms with E-state index in [-0.39, 0.29) is 5.91 Å². The van der Waals surface area contributed by atoms with Crippen LogP contribution in [0, 0.1) is 11.8 Å². The van der Waals surface area contributed by atoms with Crippen molar-refractivity contribution in [3.05, 3.63) is 36.4 Å². The quantitative estimate of drug-likeness (QED) is 0.844. The first-order valence-electron chi connectivity index (χ1n) is 6.86. The second kappa shape index (κ2) is 4.89. The van der Waals surface area contributed by atoms with E-state index in [2.05, 4.69) is 10.3 Å². The third-order valence-corrected chi connectivity index (χ3v) is 4.96. The molecule has 2 aromatic rings. The minimum absolute atomic E-state index is 0.358. The van der Waals surface area contributed by atoms with Gasteiger partial charge in [-0.15, -0.1) is 0 Å². The summed E-state index contributed by atoms with van der Waals surface area (Å²) in [5.74, 6) is -2.94. The predicted molar refractivity (Wildman–Crippen MR) is 80.7 cm³/mol. The summed E-state index contributed by atoms with van der Waals surface area (Å²) in [5.41, 5.74) is 0.807. The van der Waals surface area contributed by atoms with Crippen LogP contribution in [-0.2, 0) is 14.3 Å². The summed E-state index contributed by atoms with van der Waals surface area (Å²) in [7, 11) is 0. The first-order chi connectivity index (χ1) is 10.6. The number of rotatable bonds is 3. The third kappa shape index (κ3) is 2.01. The Labute approximate surface area is 129 Å². The Balaban J connectivity index is 1.59. The highest BCUT2D eigenvalue weighted by atomic mass is 32.1. The summed E-state index contributed by atoms with van der Waals surface area (Å²) < 4.78 is 6.48. The molecule has 1 fully saturated rings. The van der Waals surface area contributed by atoms with E-state index in [0.717, 1.165) is 10.2 Å². The molecule has 2 aliphatic heterocycles. The zero-order valence-corrected chi connectivity index (χ0v) is 12.1. The molecule has 1 aromatic heterocycles. The Hall–Kier alpha value is -2.25. The van der Waals surface area contributed by atoms with Gasteiger partial charge in [-0.05, 0) is 12.1 Å². The van der Waals surface area contributed by atoms with Crippen molar-refractivity contribution in [3.8, 4) is 0 Å². The lowest BCUT2D eigenvalue weighted by Gasteiger charge is -2.20. The molecule has 1 aromatic carbocycles. The lowest BCUT2D eigenvalue weighted by molar-refractivity contribution is -0.145. The molecule has 4 atom stereocenters. The SMILES string of the molecule is O=C(Nc1nc2ccccc2s1)[C@@H]1[C@H](C(=O)O)[C@H]2C=C[C@H]1O2. The molecule has 4 rings (SSSR count). The Morgan fingerprint density at radius 3 is 2.64 bits per heavy atom. The van der Waals surface area contributed by atoms with Gasteiger partial charge in [-0.25, -0.2) is 4.98 Å². The van der Waals surface area contributed by atoms with Crippen molar-refractivity contribution in [1.29, 1.82) is 0 Å². The smallest absolute Gasteiger partial charge is 0.310 e. The van der Waals surface area contributed by atoms with E-state index >= 15 is 0 Å². The van der Waals surface area contributed by atoms with Crippen LogP contribution in [0.1, 0.15) is 0 Å². The zero-order chi connectivity index (χ0) is 15.3. The topological polar surface area (TPSA) is 88.5 Å². The number of fused-ring (bicyclic) bond motifs is 3. The molecule has 2 bridgehead atoms. The van der Waals surface area contributed by atoms with E-state index in [1.165, 1.54) is 11.3 Å². The number of ether oxygens (including phenoxy) is 1. The number of hydrogen-bond donors (Lipinski definition) is 2. The molecule has 0 radical (unpaired) electrons. The summed E-state index contributed by atoms with van der Waals surface area (Å²) in [6, 6.07) is 7.57. The number of nitrogens with one attached hydrogen (secondary N) is 1. The average molecular weight is 316 g/mol. The molecule has 0 saturated carbocycles. The van der Waals surface area contributed by atoms with Crippen molar-refractivity contribution in [3.63, 3.8) is 0 Å². The number of hydrogen-bond acceptors (Lipinski definition) is 5. The number of carboxylic acid groups (broad SMARTS) is 1. The molecule has 0 unspecified atom stereocenters. The summed E-state index contributed by atoms with van der Waals surface area (Å²) in [5, 5.41) is 12.5. The van der Waals surface area contributed by atoms with Gasteiger partial charge in [-0.3, -0.25) is 9.59 Å². The van der Waals surface area contributed by atoms with Gasteiger partial charge in [0.25, 0.3) is 0 Å². The van der Waals surface area contributed by atoms with Crippen molar-refractivity contribution in [1.82, 2.24) is 4.98 Å². The lowest BCUT2D eigenvalue weighted by Crippen LogP contribution is -2.39. The van der Waals surface area contributed by atoms with Crippen molar-refractivity contribution in [2.75, 3.05) is 5.32 Å². The minimum atomic E-state index is -1.01. The Morgan fingerprint density at radius 1 is 1.18 bits per heavy atom. The van der Waals surface area contributed by atoms with Crippen molar-refractivity contribution in [2.24, 2.45) is 11.8 Å². The van der Waals surface area contributed by atoms with Crippen LogP contribution in [0.15, 0.2) is 36.4 Å². The van der Waals surface area contributed by atoms with Crippen molar-refractivity contribution < 1.29 is 19.4 Å². The monoisotopic (exact) mass is 316 g/mol. The highest BCUT2D eigenvalue weighted by Gasteiger charge is 2.53. The van der Waals surface area contributed by atoms with Crippen LogP contribution in [0.2, 0.25) is 0 Å². The number of carbonyl (C=O) groups excluding carboxylic acids is 1. The van der Waals surface area contributed by atoms with Gasteiger partial charge in [0, 0.05) is 0 Å². The maximum Gasteiger partial charge on any atom is 0.310 e. The largest absolute Gasteiger partial charge is 0.481 e. The van der Waals surface area contributed by atoms with E-state index in [4.69, 9.17) is 4.74 Å². The van der Waals surface area contributed by atoms with Gasteiger partial charge in [0.15, 0.2) is 5.13 Å². The fourth-order valence-electron chi connectivity index (χ4n) is 3.03. The number of benzene rings is 1. The maximum atomic E-state index is 12.5. The van der Waals surface area contributed by atoms with Gasteiger partial charge in [0.2, 0.25) is 5.91 Å². The molecular weight excluding hydrogens is 304 g/mol. The summed E-state index contributed by atoms with van der Waals surface area (Å²) in [6.45, 7) is 0. The molecule has 0 aliphatic carbocycles. The molecule has 0 spiro atoms. The first-order valence-corrected chi connectivity index (χ1v) is 7.68. The third-order valence-electron chi connectivity index (χ3n) is 4.01. The molecule has 2 aliphatic rings. The van der Waals surface area contributed by atoms with E-state index in [1.807, 2.05) is 24.3 Å². The van der Waals surface area contributed by atoms with Crippen LogP contribution < -0.4 is 5.32 Å². The molecule has 1 saturated heterocycles. The van der Waals surface area contributed by atoms with Gasteiger partial charge >= 0.3 is 5.97 Å². The van der Waals surface area contributed by atoms with Crippen LogP contribution in [0.25, 0.3) is 10.2 Å². The molecule has 112 valence electrons. The molecule has 7 heteroatoms.